The minimum Gasteiger partial charge on any atom is -0.466 e. The average molecular weight is 661 g/mol. The second-order valence-electron chi connectivity index (χ2n) is 12.1. The predicted octanol–water partition coefficient (Wildman–Crippen LogP) is 7.02. The van der Waals surface area contributed by atoms with Crippen LogP contribution in [0, 0.1) is 11.8 Å². The van der Waals surface area contributed by atoms with Crippen molar-refractivity contribution in [3.8, 4) is 11.8 Å². The summed E-state index contributed by atoms with van der Waals surface area (Å²) in [5, 5.41) is 11.3. The van der Waals surface area contributed by atoms with E-state index in [-0.39, 0.29) is 5.76 Å². The van der Waals surface area contributed by atoms with E-state index in [2.05, 4.69) is 11.8 Å². The van der Waals surface area contributed by atoms with Gasteiger partial charge in [-0.25, -0.2) is 0 Å². The van der Waals surface area contributed by atoms with Gasteiger partial charge in [0.05, 0.1) is 6.26 Å². The number of furan rings is 1. The Morgan fingerprint density at radius 3 is 1.34 bits per heavy atom. The summed E-state index contributed by atoms with van der Waals surface area (Å²) >= 11 is 0. The molecule has 0 spiro atoms. The molecule has 1 aliphatic heterocycles. The van der Waals surface area contributed by atoms with Crippen LogP contribution in [-0.2, 0) is 30.0 Å². The van der Waals surface area contributed by atoms with Gasteiger partial charge >= 0.3 is 7.12 Å². The number of methoxy groups -OCH3 is 2. The van der Waals surface area contributed by atoms with E-state index in [0.29, 0.717) is 5.46 Å². The molecule has 7 heteroatoms. The van der Waals surface area contributed by atoms with Gasteiger partial charge in [-0.2, -0.15) is 0 Å². The summed E-state index contributed by atoms with van der Waals surface area (Å²) in [5.41, 5.74) is 2.44. The lowest BCUT2D eigenvalue weighted by Gasteiger charge is -2.46. The lowest BCUT2D eigenvalue weighted by Crippen LogP contribution is -2.56. The van der Waals surface area contributed by atoms with Crippen LogP contribution in [0.3, 0.4) is 0 Å². The van der Waals surface area contributed by atoms with E-state index in [1.54, 1.807) is 20.3 Å². The van der Waals surface area contributed by atoms with Gasteiger partial charge in [0.1, 0.15) is 29.2 Å². The van der Waals surface area contributed by atoms with Gasteiger partial charge in [-0.1, -0.05) is 151 Å². The van der Waals surface area contributed by atoms with E-state index in [1.165, 1.54) is 6.26 Å². The van der Waals surface area contributed by atoms with Crippen LogP contribution >= 0.6 is 0 Å². The first kappa shape index (κ1) is 33.3. The quantitative estimate of drug-likeness (QED) is 0.126. The van der Waals surface area contributed by atoms with Crippen molar-refractivity contribution in [3.63, 3.8) is 0 Å². The second-order valence-corrected chi connectivity index (χ2v) is 12.1. The Morgan fingerprint density at radius 1 is 0.580 bits per heavy atom. The number of hydrogen-bond donors (Lipinski definition) is 1. The zero-order valence-corrected chi connectivity index (χ0v) is 27.9. The molecule has 0 bridgehead atoms. The Balaban J connectivity index is 1.43. The molecule has 1 saturated heterocycles. The molecular weight excluding hydrogens is 623 g/mol. The van der Waals surface area contributed by atoms with Gasteiger partial charge in [0.2, 0.25) is 0 Å². The third kappa shape index (κ3) is 5.98. The number of rotatable bonds is 10. The highest BCUT2D eigenvalue weighted by atomic mass is 16.7. The first-order valence-electron chi connectivity index (χ1n) is 16.6. The molecule has 6 aromatic rings. The fourth-order valence-electron chi connectivity index (χ4n) is 7.13. The SMILES string of the molecule is COC(c1ccccc1)(c1ccccc1)[C@@H]1OB(c2ccoc2[C@H](O)C#Cc2ccccc2)O[C@H]1C(OC)(c1ccccc1)c1ccccc1. The van der Waals surface area contributed by atoms with Crippen LogP contribution in [0.1, 0.15) is 39.7 Å². The van der Waals surface area contributed by atoms with Gasteiger partial charge < -0.3 is 28.3 Å². The van der Waals surface area contributed by atoms with Crippen molar-refractivity contribution >= 4 is 12.6 Å². The molecular formula is C43H37BO6. The van der Waals surface area contributed by atoms with Crippen molar-refractivity contribution in [2.45, 2.75) is 29.5 Å². The summed E-state index contributed by atoms with van der Waals surface area (Å²) in [6.45, 7) is 0. The van der Waals surface area contributed by atoms with Crippen molar-refractivity contribution in [2.24, 2.45) is 0 Å². The number of aliphatic hydroxyl groups is 1. The molecule has 50 heavy (non-hydrogen) atoms. The Bertz CT molecular complexity index is 1850. The lowest BCUT2D eigenvalue weighted by molar-refractivity contribution is -0.136. The van der Waals surface area contributed by atoms with Crippen LogP contribution in [0.25, 0.3) is 0 Å². The highest BCUT2D eigenvalue weighted by molar-refractivity contribution is 6.62. The maximum atomic E-state index is 11.3. The summed E-state index contributed by atoms with van der Waals surface area (Å²) < 4.78 is 33.6. The summed E-state index contributed by atoms with van der Waals surface area (Å²) in [7, 11) is 2.40. The zero-order chi connectivity index (χ0) is 34.4. The number of ether oxygens (including phenoxy) is 2. The van der Waals surface area contributed by atoms with E-state index in [9.17, 15) is 5.11 Å². The highest BCUT2D eigenvalue weighted by Crippen LogP contribution is 2.50. The Hall–Kier alpha value is -5.20. The molecule has 248 valence electrons. The largest absolute Gasteiger partial charge is 0.498 e. The molecule has 7 rings (SSSR count). The molecule has 2 heterocycles. The molecule has 0 radical (unpaired) electrons. The minimum absolute atomic E-state index is 0.239. The van der Waals surface area contributed by atoms with Gasteiger partial charge in [-0.15, -0.1) is 0 Å². The summed E-state index contributed by atoms with van der Waals surface area (Å²) in [5.74, 6) is 6.20. The summed E-state index contributed by atoms with van der Waals surface area (Å²) in [4.78, 5) is 0. The smallest absolute Gasteiger partial charge is 0.466 e. The van der Waals surface area contributed by atoms with Crippen LogP contribution in [0.2, 0.25) is 0 Å². The van der Waals surface area contributed by atoms with E-state index < -0.39 is 36.6 Å². The standard InChI is InChI=1S/C43H37BO6/c1-46-42(33-20-10-4-11-21-33,34-22-12-5-13-23-34)40-41(43(47-2,35-24-14-6-15-25-35)36-26-16-7-17-27-36)50-44(49-40)37-30-31-48-39(37)38(45)29-28-32-18-8-3-9-19-32/h3-27,30-31,38,40-41,45H,1-2H3/t38-,40-,41-/m1/s1. The Morgan fingerprint density at radius 2 is 0.960 bits per heavy atom. The van der Waals surface area contributed by atoms with Crippen LogP contribution in [0.5, 0.6) is 0 Å². The molecule has 0 unspecified atom stereocenters. The van der Waals surface area contributed by atoms with Crippen LogP contribution < -0.4 is 5.46 Å². The topological polar surface area (TPSA) is 70.3 Å². The molecule has 0 amide bonds. The number of benzene rings is 5. The lowest BCUT2D eigenvalue weighted by atomic mass is 9.71. The molecule has 3 atom stereocenters. The van der Waals surface area contributed by atoms with Crippen molar-refractivity contribution in [1.29, 1.82) is 0 Å². The number of hydrogen-bond acceptors (Lipinski definition) is 6. The molecule has 0 saturated carbocycles. The molecule has 1 N–H and O–H groups in total. The van der Waals surface area contributed by atoms with E-state index >= 15 is 0 Å². The first-order valence-corrected chi connectivity index (χ1v) is 16.6. The molecule has 1 fully saturated rings. The minimum atomic E-state index is -1.24. The molecule has 6 nitrogen and oxygen atoms in total. The summed E-state index contributed by atoms with van der Waals surface area (Å²) in [6.07, 6.45) is -1.34. The maximum Gasteiger partial charge on any atom is 0.498 e. The van der Waals surface area contributed by atoms with E-state index in [1.807, 2.05) is 152 Å². The molecule has 5 aromatic carbocycles. The van der Waals surface area contributed by atoms with Crippen molar-refractivity contribution in [1.82, 2.24) is 0 Å². The number of aliphatic hydroxyl groups excluding tert-OH is 1. The van der Waals surface area contributed by atoms with Crippen LogP contribution in [-0.4, -0.2) is 38.7 Å². The van der Waals surface area contributed by atoms with Crippen molar-refractivity contribution in [3.05, 3.63) is 198 Å². The maximum absolute atomic E-state index is 11.3. The normalized spacial score (nSPS) is 16.8. The first-order chi connectivity index (χ1) is 24.6. The van der Waals surface area contributed by atoms with E-state index in [0.717, 1.165) is 27.8 Å². The molecule has 1 aromatic heterocycles. The van der Waals surface area contributed by atoms with Crippen LogP contribution in [0.4, 0.5) is 0 Å². The monoisotopic (exact) mass is 660 g/mol. The second kappa shape index (κ2) is 14.7. The fraction of sp³-hybridized carbons (Fsp3) is 0.163. The van der Waals surface area contributed by atoms with Gasteiger partial charge in [0, 0.05) is 25.2 Å². The van der Waals surface area contributed by atoms with Gasteiger partial charge in [0.25, 0.3) is 0 Å². The van der Waals surface area contributed by atoms with Crippen LogP contribution in [0.15, 0.2) is 168 Å². The fourth-order valence-corrected chi connectivity index (χ4v) is 7.13. The highest BCUT2D eigenvalue weighted by Gasteiger charge is 2.62. The van der Waals surface area contributed by atoms with Crippen molar-refractivity contribution in [2.75, 3.05) is 14.2 Å². The van der Waals surface area contributed by atoms with Crippen molar-refractivity contribution < 1.29 is 28.3 Å². The zero-order valence-electron chi connectivity index (χ0n) is 27.9. The van der Waals surface area contributed by atoms with Gasteiger partial charge in [-0.3, -0.25) is 0 Å². The predicted molar refractivity (Wildman–Crippen MR) is 193 cm³/mol. The third-order valence-corrected chi connectivity index (χ3v) is 9.43. The van der Waals surface area contributed by atoms with Gasteiger partial charge in [0.15, 0.2) is 6.10 Å². The third-order valence-electron chi connectivity index (χ3n) is 9.43. The Kier molecular flexibility index (Phi) is 9.82. The molecule has 0 aliphatic carbocycles. The van der Waals surface area contributed by atoms with E-state index in [4.69, 9.17) is 23.2 Å². The Labute approximate surface area is 293 Å². The molecule has 1 aliphatic rings. The van der Waals surface area contributed by atoms with Gasteiger partial charge in [-0.05, 0) is 40.5 Å². The average Bonchev–Trinajstić information content (AvgIpc) is 3.86. The summed E-state index contributed by atoms with van der Waals surface area (Å²) in [6, 6.07) is 51.4.